The van der Waals surface area contributed by atoms with E-state index in [1.807, 2.05) is 91.1 Å². The first-order valence-corrected chi connectivity index (χ1v) is 7.95. The van der Waals surface area contributed by atoms with Crippen LogP contribution in [0.25, 0.3) is 0 Å². The Morgan fingerprint density at radius 3 is 1.09 bits per heavy atom. The smallest absolute Gasteiger partial charge is 0.0350 e. The minimum atomic E-state index is 1.14. The predicted molar refractivity (Wildman–Crippen MR) is 106 cm³/mol. The van der Waals surface area contributed by atoms with Gasteiger partial charge in [0.25, 0.3) is 0 Å². The summed E-state index contributed by atoms with van der Waals surface area (Å²) in [4.78, 5) is 0. The number of hydrogen-bond acceptors (Lipinski definition) is 0. The maximum Gasteiger partial charge on any atom is -0.0350 e. The topological polar surface area (TPSA) is 0 Å². The molecule has 0 N–H and O–H groups in total. The first kappa shape index (κ1) is 20.4. The highest BCUT2D eigenvalue weighted by atomic mass is 13.8. The van der Waals surface area contributed by atoms with Gasteiger partial charge in [0.15, 0.2) is 0 Å². The van der Waals surface area contributed by atoms with E-state index in [0.717, 1.165) is 6.42 Å². The SMILES string of the molecule is [CH]=C/C=C/C=C/C=C/C=C/C=C/C=C/C=C/C=C/C=C/CCC. The molecule has 0 saturated heterocycles. The molecule has 0 aromatic carbocycles. The lowest BCUT2D eigenvalue weighted by Crippen LogP contribution is -1.58. The first-order chi connectivity index (χ1) is 11.4. The summed E-state index contributed by atoms with van der Waals surface area (Å²) in [6, 6.07) is 0. The Balaban J connectivity index is 3.85. The molecule has 0 spiro atoms. The van der Waals surface area contributed by atoms with Crippen LogP contribution in [0.15, 0.2) is 115 Å². The van der Waals surface area contributed by atoms with E-state index in [0.29, 0.717) is 0 Å². The average molecular weight is 303 g/mol. The van der Waals surface area contributed by atoms with Gasteiger partial charge in [0.05, 0.1) is 0 Å². The van der Waals surface area contributed by atoms with E-state index in [-0.39, 0.29) is 0 Å². The van der Waals surface area contributed by atoms with Gasteiger partial charge in [0, 0.05) is 0 Å². The van der Waals surface area contributed by atoms with Crippen molar-refractivity contribution < 1.29 is 0 Å². The van der Waals surface area contributed by atoms with Crippen molar-refractivity contribution in [1.82, 2.24) is 0 Å². The monoisotopic (exact) mass is 303 g/mol. The normalized spacial score (nSPS) is 14.1. The maximum absolute atomic E-state index is 5.21. The molecule has 0 atom stereocenters. The third kappa shape index (κ3) is 19.4. The van der Waals surface area contributed by atoms with E-state index in [1.165, 1.54) is 12.5 Å². The van der Waals surface area contributed by atoms with Crippen molar-refractivity contribution in [1.29, 1.82) is 0 Å². The lowest BCUT2D eigenvalue weighted by atomic mass is 10.3. The molecule has 0 aromatic rings. The molecule has 23 heavy (non-hydrogen) atoms. The third-order valence-electron chi connectivity index (χ3n) is 2.48. The van der Waals surface area contributed by atoms with E-state index < -0.39 is 0 Å². The van der Waals surface area contributed by atoms with Crippen LogP contribution in [-0.4, -0.2) is 0 Å². The van der Waals surface area contributed by atoms with Crippen molar-refractivity contribution in [2.24, 2.45) is 0 Å². The van der Waals surface area contributed by atoms with Gasteiger partial charge in [-0.25, -0.2) is 0 Å². The fourth-order valence-corrected chi connectivity index (χ4v) is 1.37. The first-order valence-electron chi connectivity index (χ1n) is 7.95. The molecule has 0 amide bonds. The molecule has 1 radical (unpaired) electrons. The van der Waals surface area contributed by atoms with Crippen LogP contribution >= 0.6 is 0 Å². The fraction of sp³-hybridized carbons (Fsp3) is 0.130. The summed E-state index contributed by atoms with van der Waals surface area (Å²) in [5.74, 6) is 0. The average Bonchev–Trinajstić information content (AvgIpc) is 2.57. The molecule has 0 heteroatoms. The summed E-state index contributed by atoms with van der Waals surface area (Å²) in [6.45, 7) is 7.38. The molecule has 0 heterocycles. The van der Waals surface area contributed by atoms with Crippen molar-refractivity contribution in [3.05, 3.63) is 122 Å². The van der Waals surface area contributed by atoms with Crippen molar-refractivity contribution >= 4 is 0 Å². The highest BCUT2D eigenvalue weighted by Gasteiger charge is 1.68. The number of unbranched alkanes of at least 4 members (excludes halogenated alkanes) is 1. The van der Waals surface area contributed by atoms with Crippen LogP contribution in [0.2, 0.25) is 0 Å². The van der Waals surface area contributed by atoms with Gasteiger partial charge in [0.2, 0.25) is 0 Å². The Morgan fingerprint density at radius 1 is 0.478 bits per heavy atom. The Hall–Kier alpha value is -2.60. The van der Waals surface area contributed by atoms with E-state index in [4.69, 9.17) is 6.58 Å². The van der Waals surface area contributed by atoms with Gasteiger partial charge in [0.1, 0.15) is 0 Å². The summed E-state index contributed by atoms with van der Waals surface area (Å²) in [5, 5.41) is 0. The van der Waals surface area contributed by atoms with Gasteiger partial charge in [-0.05, 0) is 6.42 Å². The van der Waals surface area contributed by atoms with Crippen LogP contribution in [0, 0.1) is 6.58 Å². The Kier molecular flexibility index (Phi) is 17.2. The highest BCUT2D eigenvalue weighted by molar-refractivity contribution is 5.22. The summed E-state index contributed by atoms with van der Waals surface area (Å²) in [7, 11) is 0. The van der Waals surface area contributed by atoms with Gasteiger partial charge < -0.3 is 0 Å². The fourth-order valence-electron chi connectivity index (χ4n) is 1.37. The van der Waals surface area contributed by atoms with Gasteiger partial charge in [-0.2, -0.15) is 0 Å². The Bertz CT molecular complexity index is 526. The summed E-state index contributed by atoms with van der Waals surface area (Å²) < 4.78 is 0. The van der Waals surface area contributed by atoms with Crippen LogP contribution in [-0.2, 0) is 0 Å². The van der Waals surface area contributed by atoms with Crippen LogP contribution in [0.3, 0.4) is 0 Å². The van der Waals surface area contributed by atoms with Crippen molar-refractivity contribution in [3.63, 3.8) is 0 Å². The second-order valence-electron chi connectivity index (χ2n) is 4.49. The lowest BCUT2D eigenvalue weighted by molar-refractivity contribution is 0.959. The zero-order valence-electron chi connectivity index (χ0n) is 14.0. The zero-order chi connectivity index (χ0) is 16.8. The van der Waals surface area contributed by atoms with Crippen LogP contribution in [0.1, 0.15) is 19.8 Å². The quantitative estimate of drug-likeness (QED) is 0.369. The van der Waals surface area contributed by atoms with Gasteiger partial charge in [-0.15, -0.1) is 0 Å². The molecule has 0 fully saturated rings. The molecule has 0 bridgehead atoms. The summed E-state index contributed by atoms with van der Waals surface area (Å²) in [5.41, 5.74) is 0. The molecular weight excluding hydrogens is 276 g/mol. The minimum absolute atomic E-state index is 1.14. The molecule has 0 aliphatic rings. The maximum atomic E-state index is 5.21. The molecule has 0 aliphatic carbocycles. The van der Waals surface area contributed by atoms with E-state index in [9.17, 15) is 0 Å². The lowest BCUT2D eigenvalue weighted by Gasteiger charge is -1.79. The van der Waals surface area contributed by atoms with Crippen LogP contribution in [0.5, 0.6) is 0 Å². The second kappa shape index (κ2) is 19.4. The largest absolute Gasteiger partial charge is 0.0845 e. The van der Waals surface area contributed by atoms with E-state index in [1.54, 1.807) is 6.08 Å². The molecule has 0 aromatic heterocycles. The Labute approximate surface area is 142 Å². The van der Waals surface area contributed by atoms with E-state index in [2.05, 4.69) is 19.1 Å². The molecule has 0 aliphatic heterocycles. The van der Waals surface area contributed by atoms with Crippen LogP contribution < -0.4 is 0 Å². The standard InChI is InChI=1S/C23H27/c1-3-5-7-9-11-13-15-17-19-21-23-22-20-18-16-14-12-10-8-6-4-2/h1,3,5,7-23H,4,6H2,2H3/b3-1?,7-5+,10-8+,11-9+,14-12+,15-13+,18-16+,19-17+,22-20+,23-21+. The van der Waals surface area contributed by atoms with Gasteiger partial charge in [-0.3, -0.25) is 0 Å². The Morgan fingerprint density at radius 2 is 0.783 bits per heavy atom. The zero-order valence-corrected chi connectivity index (χ0v) is 14.0. The number of hydrogen-bond donors (Lipinski definition) is 0. The molecule has 0 unspecified atom stereocenters. The molecular formula is C23H27. The van der Waals surface area contributed by atoms with Crippen molar-refractivity contribution in [3.8, 4) is 0 Å². The number of rotatable bonds is 11. The molecule has 0 nitrogen and oxygen atoms in total. The molecule has 119 valence electrons. The predicted octanol–water partition coefficient (Wildman–Crippen LogP) is 6.78. The van der Waals surface area contributed by atoms with Crippen molar-refractivity contribution in [2.75, 3.05) is 0 Å². The molecule has 0 rings (SSSR count). The van der Waals surface area contributed by atoms with E-state index >= 15 is 0 Å². The minimum Gasteiger partial charge on any atom is -0.0845 e. The van der Waals surface area contributed by atoms with Crippen LogP contribution in [0.4, 0.5) is 0 Å². The summed E-state index contributed by atoms with van der Waals surface area (Å²) >= 11 is 0. The summed E-state index contributed by atoms with van der Waals surface area (Å²) in [6.07, 6.45) is 39.6. The van der Waals surface area contributed by atoms with Gasteiger partial charge >= 0.3 is 0 Å². The molecule has 0 saturated carbocycles. The van der Waals surface area contributed by atoms with Crippen molar-refractivity contribution in [2.45, 2.75) is 19.8 Å². The second-order valence-corrected chi connectivity index (χ2v) is 4.49. The third-order valence-corrected chi connectivity index (χ3v) is 2.48. The number of allylic oxidation sites excluding steroid dienone is 19. The van der Waals surface area contributed by atoms with Gasteiger partial charge in [-0.1, -0.05) is 135 Å². The highest BCUT2D eigenvalue weighted by Crippen LogP contribution is 1.89.